The Morgan fingerprint density at radius 2 is 1.70 bits per heavy atom. The van der Waals surface area contributed by atoms with Gasteiger partial charge < -0.3 is 4.57 Å². The minimum atomic E-state index is -0.440. The highest BCUT2D eigenvalue weighted by molar-refractivity contribution is 6.34. The summed E-state index contributed by atoms with van der Waals surface area (Å²) in [6.07, 6.45) is 2.51. The van der Waals surface area contributed by atoms with Crippen LogP contribution in [0.25, 0.3) is 22.3 Å². The standard InChI is InChI=1S/C24H21ClN2O3/c1-14-12-13-27(2)24(30)21(14)16-8-6-15(7-9-16)17-4-3-5-18(22(17)25)19-10-11-20(28)26-23(19)29/h3-9,12-13,19H,10-11H2,1-2H3,(H,26,28,29). The fourth-order valence-corrected chi connectivity index (χ4v) is 4.29. The second kappa shape index (κ2) is 7.92. The van der Waals surface area contributed by atoms with Crippen LogP contribution in [0.2, 0.25) is 5.02 Å². The zero-order valence-electron chi connectivity index (χ0n) is 16.7. The number of piperidine rings is 1. The number of benzene rings is 2. The predicted octanol–water partition coefficient (Wildman–Crippen LogP) is 4.20. The summed E-state index contributed by atoms with van der Waals surface area (Å²) in [5, 5.41) is 2.89. The third-order valence-electron chi connectivity index (χ3n) is 5.60. The lowest BCUT2D eigenvalue weighted by atomic mass is 9.88. The summed E-state index contributed by atoms with van der Waals surface area (Å²) >= 11 is 6.69. The summed E-state index contributed by atoms with van der Waals surface area (Å²) in [7, 11) is 1.74. The van der Waals surface area contributed by atoms with Gasteiger partial charge in [0.25, 0.3) is 5.56 Å². The summed E-state index contributed by atoms with van der Waals surface area (Å²) in [6.45, 7) is 1.92. The van der Waals surface area contributed by atoms with Gasteiger partial charge in [0.1, 0.15) is 0 Å². The van der Waals surface area contributed by atoms with Gasteiger partial charge in [0, 0.05) is 25.2 Å². The van der Waals surface area contributed by atoms with Crippen molar-refractivity contribution < 1.29 is 9.59 Å². The molecule has 1 atom stereocenters. The van der Waals surface area contributed by atoms with Crippen molar-refractivity contribution in [1.82, 2.24) is 9.88 Å². The number of rotatable bonds is 3. The maximum Gasteiger partial charge on any atom is 0.258 e. The summed E-state index contributed by atoms with van der Waals surface area (Å²) in [5.41, 5.74) is 4.82. The number of carbonyl (C=O) groups is 2. The second-order valence-electron chi connectivity index (χ2n) is 7.58. The molecular formula is C24H21ClN2O3. The van der Waals surface area contributed by atoms with Gasteiger partial charge in [0.2, 0.25) is 11.8 Å². The van der Waals surface area contributed by atoms with Gasteiger partial charge in [0.05, 0.1) is 16.5 Å². The normalized spacial score (nSPS) is 16.4. The minimum absolute atomic E-state index is 0.0411. The molecule has 2 amide bonds. The highest BCUT2D eigenvalue weighted by atomic mass is 35.5. The number of hydrogen-bond donors (Lipinski definition) is 1. The first kappa shape index (κ1) is 20.1. The first-order chi connectivity index (χ1) is 14.4. The van der Waals surface area contributed by atoms with Crippen molar-refractivity contribution in [2.24, 2.45) is 7.05 Å². The van der Waals surface area contributed by atoms with Gasteiger partial charge in [-0.3, -0.25) is 19.7 Å². The third kappa shape index (κ3) is 3.57. The number of imide groups is 1. The Morgan fingerprint density at radius 1 is 1.00 bits per heavy atom. The molecule has 30 heavy (non-hydrogen) atoms. The van der Waals surface area contributed by atoms with Gasteiger partial charge in [-0.15, -0.1) is 0 Å². The minimum Gasteiger partial charge on any atom is -0.318 e. The van der Waals surface area contributed by atoms with Gasteiger partial charge >= 0.3 is 0 Å². The molecule has 4 rings (SSSR count). The monoisotopic (exact) mass is 420 g/mol. The lowest BCUT2D eigenvalue weighted by Crippen LogP contribution is -2.39. The Hall–Kier alpha value is -3.18. The number of aromatic nitrogens is 1. The van der Waals surface area contributed by atoms with Crippen LogP contribution in [0.15, 0.2) is 59.5 Å². The van der Waals surface area contributed by atoms with Gasteiger partial charge in [0.15, 0.2) is 0 Å². The van der Waals surface area contributed by atoms with Crippen molar-refractivity contribution in [1.29, 1.82) is 0 Å². The molecule has 1 unspecified atom stereocenters. The quantitative estimate of drug-likeness (QED) is 0.645. The maximum absolute atomic E-state index is 12.6. The number of hydrogen-bond acceptors (Lipinski definition) is 3. The van der Waals surface area contributed by atoms with Crippen molar-refractivity contribution in [2.75, 3.05) is 0 Å². The fourth-order valence-electron chi connectivity index (χ4n) is 3.92. The van der Waals surface area contributed by atoms with E-state index in [1.807, 2.05) is 55.5 Å². The molecule has 3 aromatic rings. The first-order valence-corrected chi connectivity index (χ1v) is 10.1. The average Bonchev–Trinajstić information content (AvgIpc) is 2.72. The molecule has 2 aromatic carbocycles. The number of nitrogens with one attached hydrogen (secondary N) is 1. The Balaban J connectivity index is 1.71. The van der Waals surface area contributed by atoms with Crippen LogP contribution in [-0.4, -0.2) is 16.4 Å². The molecule has 152 valence electrons. The summed E-state index contributed by atoms with van der Waals surface area (Å²) in [4.78, 5) is 36.3. The molecule has 1 fully saturated rings. The van der Waals surface area contributed by atoms with E-state index in [0.29, 0.717) is 23.4 Å². The van der Waals surface area contributed by atoms with E-state index < -0.39 is 5.92 Å². The molecule has 1 N–H and O–H groups in total. The number of nitrogens with zero attached hydrogens (tertiary/aromatic N) is 1. The van der Waals surface area contributed by atoms with Crippen molar-refractivity contribution in [2.45, 2.75) is 25.7 Å². The highest BCUT2D eigenvalue weighted by Gasteiger charge is 2.30. The Morgan fingerprint density at radius 3 is 2.40 bits per heavy atom. The number of halogens is 1. The topological polar surface area (TPSA) is 68.2 Å². The summed E-state index contributed by atoms with van der Waals surface area (Å²) < 4.78 is 1.57. The van der Waals surface area contributed by atoms with Crippen LogP contribution < -0.4 is 10.9 Å². The molecule has 1 saturated heterocycles. The molecule has 0 spiro atoms. The van der Waals surface area contributed by atoms with E-state index in [1.165, 1.54) is 0 Å². The Labute approximate surface area is 179 Å². The van der Waals surface area contributed by atoms with Crippen LogP contribution in [-0.2, 0) is 16.6 Å². The van der Waals surface area contributed by atoms with Crippen LogP contribution in [0.1, 0.15) is 29.9 Å². The molecular weight excluding hydrogens is 400 g/mol. The Kier molecular flexibility index (Phi) is 5.31. The lowest BCUT2D eigenvalue weighted by Gasteiger charge is -2.23. The molecule has 0 radical (unpaired) electrons. The molecule has 0 bridgehead atoms. The van der Waals surface area contributed by atoms with E-state index in [9.17, 15) is 14.4 Å². The van der Waals surface area contributed by atoms with Gasteiger partial charge in [-0.25, -0.2) is 0 Å². The van der Waals surface area contributed by atoms with E-state index >= 15 is 0 Å². The van der Waals surface area contributed by atoms with Crippen molar-refractivity contribution in [3.63, 3.8) is 0 Å². The molecule has 0 aliphatic carbocycles. The zero-order chi connectivity index (χ0) is 21.4. The number of aryl methyl sites for hydroxylation is 2. The third-order valence-corrected chi connectivity index (χ3v) is 6.03. The van der Waals surface area contributed by atoms with Crippen molar-refractivity contribution in [3.8, 4) is 22.3 Å². The second-order valence-corrected chi connectivity index (χ2v) is 7.96. The van der Waals surface area contributed by atoms with E-state index in [2.05, 4.69) is 5.32 Å². The molecule has 2 heterocycles. The molecule has 1 aliphatic rings. The molecule has 5 nitrogen and oxygen atoms in total. The molecule has 1 aromatic heterocycles. The largest absolute Gasteiger partial charge is 0.318 e. The van der Waals surface area contributed by atoms with Gasteiger partial charge in [-0.05, 0) is 41.7 Å². The van der Waals surface area contributed by atoms with E-state index in [-0.39, 0.29) is 17.4 Å². The van der Waals surface area contributed by atoms with Crippen molar-refractivity contribution >= 4 is 23.4 Å². The lowest BCUT2D eigenvalue weighted by molar-refractivity contribution is -0.134. The van der Waals surface area contributed by atoms with Gasteiger partial charge in [-0.2, -0.15) is 0 Å². The van der Waals surface area contributed by atoms with E-state index in [4.69, 9.17) is 11.6 Å². The summed E-state index contributed by atoms with van der Waals surface area (Å²) in [5.74, 6) is -0.998. The highest BCUT2D eigenvalue weighted by Crippen LogP contribution is 2.37. The van der Waals surface area contributed by atoms with Crippen LogP contribution >= 0.6 is 11.6 Å². The van der Waals surface area contributed by atoms with Gasteiger partial charge in [-0.1, -0.05) is 54.1 Å². The van der Waals surface area contributed by atoms with Crippen LogP contribution in [0.3, 0.4) is 0 Å². The van der Waals surface area contributed by atoms with Crippen LogP contribution in [0.4, 0.5) is 0 Å². The smallest absolute Gasteiger partial charge is 0.258 e. The molecule has 0 saturated carbocycles. The molecule has 6 heteroatoms. The zero-order valence-corrected chi connectivity index (χ0v) is 17.5. The van der Waals surface area contributed by atoms with Crippen molar-refractivity contribution in [3.05, 3.63) is 81.2 Å². The molecule has 1 aliphatic heterocycles. The van der Waals surface area contributed by atoms with E-state index in [0.717, 1.165) is 27.8 Å². The summed E-state index contributed by atoms with van der Waals surface area (Å²) in [6, 6.07) is 15.2. The van der Waals surface area contributed by atoms with Crippen LogP contribution in [0, 0.1) is 6.92 Å². The van der Waals surface area contributed by atoms with Crippen LogP contribution in [0.5, 0.6) is 0 Å². The SMILES string of the molecule is Cc1ccn(C)c(=O)c1-c1ccc(-c2cccc(C3CCC(=O)NC3=O)c2Cl)cc1. The number of carbonyl (C=O) groups excluding carboxylic acids is 2. The average molecular weight is 421 g/mol. The number of pyridine rings is 1. The van der Waals surface area contributed by atoms with E-state index in [1.54, 1.807) is 17.8 Å². The Bertz CT molecular complexity index is 1210. The first-order valence-electron chi connectivity index (χ1n) is 9.76. The maximum atomic E-state index is 12.6. The fraction of sp³-hybridized carbons (Fsp3) is 0.208. The number of amides is 2. The predicted molar refractivity (Wildman–Crippen MR) is 117 cm³/mol.